The maximum Gasteiger partial charge on any atom is 0.325 e. The van der Waals surface area contributed by atoms with E-state index in [9.17, 15) is 19.2 Å². The van der Waals surface area contributed by atoms with Crippen LogP contribution in [0.5, 0.6) is 0 Å². The van der Waals surface area contributed by atoms with E-state index in [1.165, 1.54) is 0 Å². The molecule has 0 heterocycles. The van der Waals surface area contributed by atoms with Crippen LogP contribution in [0.25, 0.3) is 0 Å². The summed E-state index contributed by atoms with van der Waals surface area (Å²) in [5.41, 5.74) is 0. The van der Waals surface area contributed by atoms with Gasteiger partial charge in [-0.25, -0.2) is 0 Å². The Balaban J connectivity index is 3.94. The molecule has 0 saturated carbocycles. The van der Waals surface area contributed by atoms with Crippen LogP contribution in [0.1, 0.15) is 25.7 Å². The number of aliphatic carboxylic acids is 2. The van der Waals surface area contributed by atoms with Crippen molar-refractivity contribution in [2.45, 2.75) is 25.7 Å². The number of carbonyl (C=O) groups is 4. The molecule has 0 rings (SSSR count). The van der Waals surface area contributed by atoms with E-state index in [1.807, 2.05) is 0 Å². The fraction of sp³-hybridized carbons (Fsp3) is 0.333. The van der Waals surface area contributed by atoms with Gasteiger partial charge in [0.25, 0.3) is 0 Å². The minimum Gasteiger partial charge on any atom is -0.481 e. The van der Waals surface area contributed by atoms with Crippen molar-refractivity contribution in [3.63, 3.8) is 0 Å². The molecule has 100 valence electrons. The predicted octanol–water partition coefficient (Wildman–Crippen LogP) is -0.207. The van der Waals surface area contributed by atoms with Gasteiger partial charge < -0.3 is 14.9 Å². The van der Waals surface area contributed by atoms with E-state index in [2.05, 4.69) is 28.4 Å². The van der Waals surface area contributed by atoms with Gasteiger partial charge in [-0.15, -0.1) is 0 Å². The van der Waals surface area contributed by atoms with Crippen LogP contribution < -0.4 is 0 Å². The Hall–Kier alpha value is -2.80. The third-order valence-electron chi connectivity index (χ3n) is 1.42. The van der Waals surface area contributed by atoms with Gasteiger partial charge in [-0.2, -0.15) is 0 Å². The lowest BCUT2D eigenvalue weighted by molar-refractivity contribution is -0.158. The smallest absolute Gasteiger partial charge is 0.325 e. The Kier molecular flexibility index (Phi) is 7.89. The van der Waals surface area contributed by atoms with Gasteiger partial charge in [-0.3, -0.25) is 19.2 Å². The third kappa shape index (κ3) is 11.5. The molecular weight excluding hydrogens is 256 g/mol. The van der Waals surface area contributed by atoms with Gasteiger partial charge in [0, 0.05) is 0 Å². The van der Waals surface area contributed by atoms with Crippen molar-refractivity contribution in [1.29, 1.82) is 0 Å². The van der Waals surface area contributed by atoms with Crippen molar-refractivity contribution in [2.75, 3.05) is 0 Å². The number of carbonyl (C=O) groups excluding carboxylic acids is 2. The molecule has 7 nitrogen and oxygen atoms in total. The van der Waals surface area contributed by atoms with Crippen molar-refractivity contribution in [3.8, 4) is 23.7 Å². The first-order valence-corrected chi connectivity index (χ1v) is 5.00. The lowest BCUT2D eigenvalue weighted by Gasteiger charge is -1.95. The molecule has 0 radical (unpaired) electrons. The lowest BCUT2D eigenvalue weighted by Crippen LogP contribution is -2.10. The van der Waals surface area contributed by atoms with Crippen molar-refractivity contribution >= 4 is 23.9 Å². The molecule has 0 aromatic heterocycles. The van der Waals surface area contributed by atoms with E-state index in [4.69, 9.17) is 10.2 Å². The largest absolute Gasteiger partial charge is 0.481 e. The molecular formula is C12H10O7. The third-order valence-corrected chi connectivity index (χ3v) is 1.42. The van der Waals surface area contributed by atoms with E-state index in [-0.39, 0.29) is 0 Å². The standard InChI is InChI=1S/C12H10O7/c13-9(14)5-1-3-7-11(17)19-12(18)8-4-2-6-10(15)16/h5-8H2,(H,13,14)(H,15,16). The maximum atomic E-state index is 11.0. The van der Waals surface area contributed by atoms with Gasteiger partial charge >= 0.3 is 23.9 Å². The Morgan fingerprint density at radius 1 is 0.684 bits per heavy atom. The molecule has 7 heteroatoms. The Bertz CT molecular complexity index is 450. The number of hydrogen-bond acceptors (Lipinski definition) is 5. The van der Waals surface area contributed by atoms with Crippen molar-refractivity contribution in [3.05, 3.63) is 0 Å². The Morgan fingerprint density at radius 3 is 1.32 bits per heavy atom. The van der Waals surface area contributed by atoms with Gasteiger partial charge in [-0.1, -0.05) is 23.7 Å². The summed E-state index contributed by atoms with van der Waals surface area (Å²) in [7, 11) is 0. The van der Waals surface area contributed by atoms with Crippen molar-refractivity contribution in [2.24, 2.45) is 0 Å². The number of ether oxygens (including phenoxy) is 1. The fourth-order valence-electron chi connectivity index (χ4n) is 0.745. The van der Waals surface area contributed by atoms with Crippen LogP contribution in [0, 0.1) is 23.7 Å². The van der Waals surface area contributed by atoms with E-state index in [0.717, 1.165) is 0 Å². The SMILES string of the molecule is O=C(O)CC#CCC(=O)OC(=O)CC#CCC(=O)O. The quantitative estimate of drug-likeness (QED) is 0.410. The Morgan fingerprint density at radius 2 is 1.00 bits per heavy atom. The second-order valence-corrected chi connectivity index (χ2v) is 3.05. The van der Waals surface area contributed by atoms with Crippen LogP contribution in [0.4, 0.5) is 0 Å². The monoisotopic (exact) mass is 266 g/mol. The van der Waals surface area contributed by atoms with Crippen LogP contribution in [0.3, 0.4) is 0 Å². The zero-order chi connectivity index (χ0) is 14.7. The molecule has 0 spiro atoms. The number of carboxylic acids is 2. The second kappa shape index (κ2) is 9.25. The average molecular weight is 266 g/mol. The normalized spacial score (nSPS) is 8.21. The zero-order valence-corrected chi connectivity index (χ0v) is 9.76. The summed E-state index contributed by atoms with van der Waals surface area (Å²) < 4.78 is 4.29. The van der Waals surface area contributed by atoms with Crippen molar-refractivity contribution < 1.29 is 34.1 Å². The second-order valence-electron chi connectivity index (χ2n) is 3.05. The highest BCUT2D eigenvalue weighted by Gasteiger charge is 2.07. The van der Waals surface area contributed by atoms with Crippen LogP contribution >= 0.6 is 0 Å². The average Bonchev–Trinajstić information content (AvgIpc) is 2.30. The molecule has 0 aliphatic carbocycles. The van der Waals surface area contributed by atoms with E-state index in [0.29, 0.717) is 0 Å². The summed E-state index contributed by atoms with van der Waals surface area (Å²) in [4.78, 5) is 42.2. The number of esters is 2. The molecule has 0 aromatic rings. The van der Waals surface area contributed by atoms with Gasteiger partial charge in [0.2, 0.25) is 0 Å². The summed E-state index contributed by atoms with van der Waals surface area (Å²) >= 11 is 0. The maximum absolute atomic E-state index is 11.0. The molecule has 0 aliphatic rings. The summed E-state index contributed by atoms with van der Waals surface area (Å²) in [6.45, 7) is 0. The van der Waals surface area contributed by atoms with Gasteiger partial charge in [0.05, 0.1) is 0 Å². The molecule has 0 aliphatic heterocycles. The molecule has 0 saturated heterocycles. The summed E-state index contributed by atoms with van der Waals surface area (Å²) in [5, 5.41) is 16.5. The molecule has 0 fully saturated rings. The van der Waals surface area contributed by atoms with E-state index < -0.39 is 49.6 Å². The van der Waals surface area contributed by atoms with Crippen LogP contribution in [-0.4, -0.2) is 34.1 Å². The molecule has 0 amide bonds. The van der Waals surface area contributed by atoms with Gasteiger partial charge in [-0.05, 0) is 0 Å². The van der Waals surface area contributed by atoms with Crippen LogP contribution in [-0.2, 0) is 23.9 Å². The topological polar surface area (TPSA) is 118 Å². The van der Waals surface area contributed by atoms with Gasteiger partial charge in [0.1, 0.15) is 25.7 Å². The highest BCUT2D eigenvalue weighted by molar-refractivity contribution is 5.87. The van der Waals surface area contributed by atoms with Crippen molar-refractivity contribution in [1.82, 2.24) is 0 Å². The zero-order valence-electron chi connectivity index (χ0n) is 9.76. The first-order valence-electron chi connectivity index (χ1n) is 5.00. The highest BCUT2D eigenvalue weighted by atomic mass is 16.6. The van der Waals surface area contributed by atoms with E-state index >= 15 is 0 Å². The Labute approximate surface area is 108 Å². The van der Waals surface area contributed by atoms with Crippen LogP contribution in [0.2, 0.25) is 0 Å². The number of carboxylic acid groups (broad SMARTS) is 2. The minimum atomic E-state index is -1.12. The molecule has 0 aromatic carbocycles. The first-order chi connectivity index (χ1) is 8.91. The molecule has 0 unspecified atom stereocenters. The lowest BCUT2D eigenvalue weighted by atomic mass is 10.3. The number of rotatable bonds is 4. The first kappa shape index (κ1) is 16.2. The predicted molar refractivity (Wildman–Crippen MR) is 60.4 cm³/mol. The van der Waals surface area contributed by atoms with Gasteiger partial charge in [0.15, 0.2) is 0 Å². The molecule has 2 N–H and O–H groups in total. The number of hydrogen-bond donors (Lipinski definition) is 2. The summed E-state index contributed by atoms with van der Waals surface area (Å²) in [6.07, 6.45) is -1.60. The molecule has 0 atom stereocenters. The van der Waals surface area contributed by atoms with Crippen LogP contribution in [0.15, 0.2) is 0 Å². The fourth-order valence-corrected chi connectivity index (χ4v) is 0.745. The minimum absolute atomic E-state index is 0.401. The summed E-state index contributed by atoms with van der Waals surface area (Å²) in [5.74, 6) is 4.80. The van der Waals surface area contributed by atoms with E-state index in [1.54, 1.807) is 0 Å². The molecule has 19 heavy (non-hydrogen) atoms. The molecule has 0 bridgehead atoms. The summed E-state index contributed by atoms with van der Waals surface area (Å²) in [6, 6.07) is 0. The highest BCUT2D eigenvalue weighted by Crippen LogP contribution is 1.90.